The molecule has 2 aliphatic carbocycles. The first kappa shape index (κ1) is 13.5. The van der Waals surface area contributed by atoms with E-state index in [0.717, 1.165) is 28.1 Å². The molecule has 0 N–H and O–H groups in total. The highest BCUT2D eigenvalue weighted by atomic mass is 35.5. The van der Waals surface area contributed by atoms with Crippen LogP contribution in [0.15, 0.2) is 23.1 Å². The quantitative estimate of drug-likeness (QED) is 0.652. The predicted octanol–water partition coefficient (Wildman–Crippen LogP) is 4.73. The van der Waals surface area contributed by atoms with Crippen LogP contribution in [0.5, 0.6) is 0 Å². The third-order valence-electron chi connectivity index (χ3n) is 5.07. The van der Waals surface area contributed by atoms with Crippen LogP contribution in [0.3, 0.4) is 0 Å². The number of hydrogen-bond donors (Lipinski definition) is 0. The minimum Gasteiger partial charge on any atom is -0.360 e. The molecule has 2 saturated carbocycles. The second kappa shape index (κ2) is 5.06. The van der Waals surface area contributed by atoms with E-state index in [2.05, 4.69) is 32.0 Å². The Hall–Kier alpha value is -1.88. The molecule has 5 rings (SSSR count). The van der Waals surface area contributed by atoms with Gasteiger partial charge in [-0.2, -0.15) is 0 Å². The van der Waals surface area contributed by atoms with Crippen LogP contribution in [0.4, 0.5) is 0 Å². The van der Waals surface area contributed by atoms with E-state index in [1.807, 2.05) is 0 Å². The van der Waals surface area contributed by atoms with E-state index < -0.39 is 0 Å². The van der Waals surface area contributed by atoms with Crippen molar-refractivity contribution in [2.45, 2.75) is 50.5 Å². The van der Waals surface area contributed by atoms with Crippen molar-refractivity contribution >= 4 is 22.6 Å². The molecule has 0 atom stereocenters. The van der Waals surface area contributed by atoms with Crippen LogP contribution in [0.25, 0.3) is 22.3 Å². The van der Waals surface area contributed by atoms with Crippen molar-refractivity contribution in [3.05, 3.63) is 29.5 Å². The van der Waals surface area contributed by atoms with E-state index in [9.17, 15) is 0 Å². The zero-order chi connectivity index (χ0) is 15.4. The Kier molecular flexibility index (Phi) is 2.98. The van der Waals surface area contributed by atoms with Crippen LogP contribution in [0.2, 0.25) is 5.15 Å². The molecule has 6 heteroatoms. The summed E-state index contributed by atoms with van der Waals surface area (Å²) in [6.45, 7) is 0. The zero-order valence-corrected chi connectivity index (χ0v) is 13.5. The second-order valence-corrected chi connectivity index (χ2v) is 7.00. The Balaban J connectivity index is 1.69. The molecule has 3 heterocycles. The molecule has 0 aliphatic heterocycles. The highest BCUT2D eigenvalue weighted by Crippen LogP contribution is 2.43. The van der Waals surface area contributed by atoms with Gasteiger partial charge in [0, 0.05) is 29.8 Å². The van der Waals surface area contributed by atoms with Crippen LogP contribution < -0.4 is 0 Å². The lowest BCUT2D eigenvalue weighted by Gasteiger charge is -2.12. The minimum atomic E-state index is 0.484. The van der Waals surface area contributed by atoms with Crippen molar-refractivity contribution in [3.8, 4) is 11.3 Å². The first-order chi connectivity index (χ1) is 11.3. The van der Waals surface area contributed by atoms with Crippen molar-refractivity contribution in [2.75, 3.05) is 0 Å². The first-order valence-electron chi connectivity index (χ1n) is 8.29. The molecule has 118 valence electrons. The molecule has 0 radical (unpaired) electrons. The van der Waals surface area contributed by atoms with E-state index >= 15 is 0 Å². The smallest absolute Gasteiger partial charge is 0.145 e. The van der Waals surface area contributed by atoms with Gasteiger partial charge in [0.05, 0.1) is 5.39 Å². The summed E-state index contributed by atoms with van der Waals surface area (Å²) in [4.78, 5) is 8.67. The molecule has 23 heavy (non-hydrogen) atoms. The topological polar surface area (TPSA) is 56.7 Å². The second-order valence-electron chi connectivity index (χ2n) is 6.64. The number of aromatic nitrogens is 4. The summed E-state index contributed by atoms with van der Waals surface area (Å²) in [5.41, 5.74) is 2.72. The van der Waals surface area contributed by atoms with Gasteiger partial charge in [-0.15, -0.1) is 0 Å². The monoisotopic (exact) mass is 328 g/mol. The Bertz CT molecular complexity index is 874. The number of rotatable bonds is 3. The van der Waals surface area contributed by atoms with Gasteiger partial charge < -0.3 is 9.09 Å². The van der Waals surface area contributed by atoms with E-state index in [1.165, 1.54) is 38.5 Å². The van der Waals surface area contributed by atoms with Gasteiger partial charge in [0.15, 0.2) is 0 Å². The Labute approximate surface area is 138 Å². The Morgan fingerprint density at radius 3 is 2.74 bits per heavy atom. The summed E-state index contributed by atoms with van der Waals surface area (Å²) in [6, 6.07) is 2.54. The van der Waals surface area contributed by atoms with E-state index in [1.54, 1.807) is 6.33 Å². The highest BCUT2D eigenvalue weighted by Gasteiger charge is 2.29. The van der Waals surface area contributed by atoms with Gasteiger partial charge >= 0.3 is 0 Å². The van der Waals surface area contributed by atoms with Crippen LogP contribution >= 0.6 is 11.6 Å². The third kappa shape index (κ3) is 2.17. The highest BCUT2D eigenvalue weighted by molar-refractivity contribution is 6.35. The minimum absolute atomic E-state index is 0.484. The van der Waals surface area contributed by atoms with Gasteiger partial charge in [0.25, 0.3) is 0 Å². The molecule has 0 unspecified atom stereocenters. The van der Waals surface area contributed by atoms with Crippen LogP contribution in [-0.2, 0) is 0 Å². The van der Waals surface area contributed by atoms with E-state index in [-0.39, 0.29) is 0 Å². The Morgan fingerprint density at radius 2 is 1.96 bits per heavy atom. The van der Waals surface area contributed by atoms with E-state index in [0.29, 0.717) is 17.1 Å². The summed E-state index contributed by atoms with van der Waals surface area (Å²) in [5, 5.41) is 5.65. The molecule has 3 aromatic heterocycles. The SMILES string of the molecule is Clc1ncnc2c1c(-c1cc(C3CC3)on1)cn2C1CCCC1. The molecular weight excluding hydrogens is 312 g/mol. The molecule has 2 aliphatic rings. The molecule has 2 fully saturated rings. The Morgan fingerprint density at radius 1 is 1.13 bits per heavy atom. The molecule has 0 spiro atoms. The maximum absolute atomic E-state index is 6.39. The predicted molar refractivity (Wildman–Crippen MR) is 87.5 cm³/mol. The van der Waals surface area contributed by atoms with Crippen LogP contribution in [-0.4, -0.2) is 19.7 Å². The molecular formula is C17H17ClN4O. The van der Waals surface area contributed by atoms with Gasteiger partial charge in [-0.25, -0.2) is 9.97 Å². The summed E-state index contributed by atoms with van der Waals surface area (Å²) in [7, 11) is 0. The lowest BCUT2D eigenvalue weighted by Crippen LogP contribution is -2.03. The number of halogens is 1. The van der Waals surface area contributed by atoms with Gasteiger partial charge in [0.1, 0.15) is 28.6 Å². The maximum Gasteiger partial charge on any atom is 0.145 e. The normalized spacial score (nSPS) is 19.0. The summed E-state index contributed by atoms with van der Waals surface area (Å²) < 4.78 is 7.78. The molecule has 3 aromatic rings. The number of fused-ring (bicyclic) bond motifs is 1. The molecule has 0 saturated heterocycles. The van der Waals surface area contributed by atoms with Gasteiger partial charge in [-0.05, 0) is 25.7 Å². The van der Waals surface area contributed by atoms with Crippen molar-refractivity contribution in [3.63, 3.8) is 0 Å². The number of nitrogens with zero attached hydrogens (tertiary/aromatic N) is 4. The van der Waals surface area contributed by atoms with Crippen molar-refractivity contribution in [2.24, 2.45) is 0 Å². The molecule has 5 nitrogen and oxygen atoms in total. The first-order valence-corrected chi connectivity index (χ1v) is 8.67. The third-order valence-corrected chi connectivity index (χ3v) is 5.35. The summed E-state index contributed by atoms with van der Waals surface area (Å²) in [5.74, 6) is 1.53. The lowest BCUT2D eigenvalue weighted by atomic mass is 10.1. The molecule has 0 amide bonds. The summed E-state index contributed by atoms with van der Waals surface area (Å²) in [6.07, 6.45) is 11.0. The van der Waals surface area contributed by atoms with Crippen molar-refractivity contribution in [1.82, 2.24) is 19.7 Å². The molecule has 0 bridgehead atoms. The summed E-state index contributed by atoms with van der Waals surface area (Å²) >= 11 is 6.39. The number of hydrogen-bond acceptors (Lipinski definition) is 4. The van der Waals surface area contributed by atoms with Gasteiger partial charge in [0.2, 0.25) is 0 Å². The average Bonchev–Trinajstić information content (AvgIpc) is 2.99. The average molecular weight is 329 g/mol. The largest absolute Gasteiger partial charge is 0.360 e. The lowest BCUT2D eigenvalue weighted by molar-refractivity contribution is 0.386. The zero-order valence-electron chi connectivity index (χ0n) is 12.7. The van der Waals surface area contributed by atoms with Crippen molar-refractivity contribution < 1.29 is 4.52 Å². The van der Waals surface area contributed by atoms with Gasteiger partial charge in [-0.1, -0.05) is 29.6 Å². The van der Waals surface area contributed by atoms with Crippen molar-refractivity contribution in [1.29, 1.82) is 0 Å². The maximum atomic E-state index is 6.39. The van der Waals surface area contributed by atoms with Crippen LogP contribution in [0.1, 0.15) is 56.2 Å². The fraction of sp³-hybridized carbons (Fsp3) is 0.471. The van der Waals surface area contributed by atoms with Gasteiger partial charge in [-0.3, -0.25) is 0 Å². The van der Waals surface area contributed by atoms with Crippen LogP contribution in [0, 0.1) is 0 Å². The molecule has 0 aromatic carbocycles. The fourth-order valence-corrected chi connectivity index (χ4v) is 3.91. The van der Waals surface area contributed by atoms with E-state index in [4.69, 9.17) is 16.1 Å². The standard InChI is InChI=1S/C17H17ClN4O/c18-16-15-12(13-7-14(23-21-13)10-5-6-10)8-22(11-3-1-2-4-11)17(15)20-9-19-16/h7-11H,1-6H2. The fourth-order valence-electron chi connectivity index (χ4n) is 3.68.